The van der Waals surface area contributed by atoms with E-state index in [1.807, 2.05) is 0 Å². The molecule has 0 bridgehead atoms. The Kier molecular flexibility index (Phi) is 5.99. The molecule has 1 atom stereocenters. The first kappa shape index (κ1) is 18.5. The van der Waals surface area contributed by atoms with Crippen LogP contribution in [-0.4, -0.2) is 37.1 Å². The first-order valence-corrected chi connectivity index (χ1v) is 8.98. The molecule has 5 heteroatoms. The number of rotatable bonds is 6. The van der Waals surface area contributed by atoms with Crippen LogP contribution in [0, 0.1) is 11.6 Å². The van der Waals surface area contributed by atoms with E-state index in [2.05, 4.69) is 0 Å². The average Bonchev–Trinajstić information content (AvgIpc) is 3.17. The van der Waals surface area contributed by atoms with Gasteiger partial charge in [-0.3, -0.25) is 4.79 Å². The van der Waals surface area contributed by atoms with Crippen LogP contribution in [0.25, 0.3) is 11.1 Å². The van der Waals surface area contributed by atoms with Gasteiger partial charge in [0.05, 0.1) is 6.10 Å². The molecule has 0 radical (unpaired) electrons. The molecule has 2 aromatic rings. The van der Waals surface area contributed by atoms with Gasteiger partial charge in [-0.15, -0.1) is 0 Å². The number of nitrogens with zero attached hydrogens (tertiary/aromatic N) is 1. The average molecular weight is 359 g/mol. The van der Waals surface area contributed by atoms with E-state index in [0.717, 1.165) is 38.4 Å². The van der Waals surface area contributed by atoms with Gasteiger partial charge in [-0.05, 0) is 49.4 Å². The molecule has 1 saturated heterocycles. The Balaban J connectivity index is 1.66. The zero-order chi connectivity index (χ0) is 18.5. The molecule has 0 saturated carbocycles. The van der Waals surface area contributed by atoms with Crippen molar-refractivity contribution in [3.63, 3.8) is 0 Å². The molecule has 1 fully saturated rings. The minimum Gasteiger partial charge on any atom is -0.378 e. The number of ether oxygens (including phenoxy) is 1. The Bertz CT molecular complexity index is 772. The number of hydrogen-bond acceptors (Lipinski definition) is 2. The van der Waals surface area contributed by atoms with E-state index >= 15 is 0 Å². The number of carbonyl (C=O) groups excluding carboxylic acids is 1. The third kappa shape index (κ3) is 4.28. The summed E-state index contributed by atoms with van der Waals surface area (Å²) in [6, 6.07) is 10.7. The maximum Gasteiger partial charge on any atom is 0.253 e. The maximum atomic E-state index is 14.0. The third-order valence-corrected chi connectivity index (χ3v) is 4.76. The summed E-state index contributed by atoms with van der Waals surface area (Å²) >= 11 is 0. The highest BCUT2D eigenvalue weighted by Gasteiger charge is 2.17. The van der Waals surface area contributed by atoms with Crippen molar-refractivity contribution >= 4 is 5.91 Å². The predicted molar refractivity (Wildman–Crippen MR) is 97.0 cm³/mol. The molecule has 1 unspecified atom stereocenters. The molecule has 138 valence electrons. The van der Waals surface area contributed by atoms with Crippen molar-refractivity contribution in [1.29, 1.82) is 0 Å². The second-order valence-corrected chi connectivity index (χ2v) is 6.69. The van der Waals surface area contributed by atoms with Crippen LogP contribution >= 0.6 is 0 Å². The van der Waals surface area contributed by atoms with Crippen LogP contribution < -0.4 is 0 Å². The van der Waals surface area contributed by atoms with Gasteiger partial charge in [-0.2, -0.15) is 0 Å². The lowest BCUT2D eigenvalue weighted by Crippen LogP contribution is -2.28. The van der Waals surface area contributed by atoms with Crippen LogP contribution in [0.3, 0.4) is 0 Å². The van der Waals surface area contributed by atoms with E-state index in [4.69, 9.17) is 4.74 Å². The second kappa shape index (κ2) is 8.41. The monoisotopic (exact) mass is 359 g/mol. The lowest BCUT2D eigenvalue weighted by Gasteiger charge is -2.19. The van der Waals surface area contributed by atoms with Crippen molar-refractivity contribution in [2.75, 3.05) is 20.2 Å². The largest absolute Gasteiger partial charge is 0.378 e. The number of benzene rings is 2. The van der Waals surface area contributed by atoms with E-state index in [9.17, 15) is 13.6 Å². The van der Waals surface area contributed by atoms with Crippen LogP contribution in [0.4, 0.5) is 8.78 Å². The van der Waals surface area contributed by atoms with E-state index < -0.39 is 11.6 Å². The summed E-state index contributed by atoms with van der Waals surface area (Å²) in [7, 11) is 1.76. The minimum atomic E-state index is -0.901. The van der Waals surface area contributed by atoms with Crippen LogP contribution in [0.1, 0.15) is 36.0 Å². The van der Waals surface area contributed by atoms with E-state index in [1.54, 1.807) is 36.2 Å². The molecule has 1 aliphatic rings. The Labute approximate surface area is 152 Å². The molecule has 0 N–H and O–H groups in total. The summed E-state index contributed by atoms with van der Waals surface area (Å²) in [5, 5.41) is 0. The van der Waals surface area contributed by atoms with Crippen LogP contribution in [0.2, 0.25) is 0 Å². The highest BCUT2D eigenvalue weighted by molar-refractivity contribution is 5.95. The smallest absolute Gasteiger partial charge is 0.253 e. The molecule has 0 spiro atoms. The molecule has 2 aromatic carbocycles. The Morgan fingerprint density at radius 3 is 2.81 bits per heavy atom. The molecule has 26 heavy (non-hydrogen) atoms. The molecular weight excluding hydrogens is 336 g/mol. The summed E-state index contributed by atoms with van der Waals surface area (Å²) in [5.41, 5.74) is 1.10. The van der Waals surface area contributed by atoms with Gasteiger partial charge >= 0.3 is 0 Å². The zero-order valence-corrected chi connectivity index (χ0v) is 14.9. The fourth-order valence-corrected chi connectivity index (χ4v) is 3.30. The van der Waals surface area contributed by atoms with Crippen molar-refractivity contribution in [3.05, 3.63) is 59.7 Å². The van der Waals surface area contributed by atoms with Gasteiger partial charge in [0.25, 0.3) is 5.91 Å². The highest BCUT2D eigenvalue weighted by Crippen LogP contribution is 2.25. The minimum absolute atomic E-state index is 0.129. The predicted octanol–water partition coefficient (Wildman–Crippen LogP) is 4.66. The molecule has 1 aliphatic heterocycles. The van der Waals surface area contributed by atoms with Crippen LogP contribution in [-0.2, 0) is 4.74 Å². The van der Waals surface area contributed by atoms with E-state index in [-0.39, 0.29) is 11.5 Å². The molecule has 3 nitrogen and oxygen atoms in total. The number of carbonyl (C=O) groups is 1. The third-order valence-electron chi connectivity index (χ3n) is 4.76. The van der Waals surface area contributed by atoms with E-state index in [0.29, 0.717) is 23.8 Å². The number of amides is 1. The lowest BCUT2D eigenvalue weighted by molar-refractivity contribution is 0.0763. The molecule has 1 heterocycles. The number of halogens is 2. The van der Waals surface area contributed by atoms with Gasteiger partial charge in [-0.1, -0.05) is 24.3 Å². The van der Waals surface area contributed by atoms with Crippen molar-refractivity contribution in [3.8, 4) is 11.1 Å². The fraction of sp³-hybridized carbons (Fsp3) is 0.381. The zero-order valence-electron chi connectivity index (χ0n) is 14.9. The van der Waals surface area contributed by atoms with Gasteiger partial charge < -0.3 is 9.64 Å². The molecule has 1 amide bonds. The quantitative estimate of drug-likeness (QED) is 0.751. The van der Waals surface area contributed by atoms with Gasteiger partial charge in [0.1, 0.15) is 0 Å². The SMILES string of the molecule is CN(CCCC1CCCO1)C(=O)c1cccc(-c2cccc(F)c2F)c1. The normalized spacial score (nSPS) is 16.7. The van der Waals surface area contributed by atoms with Gasteiger partial charge in [-0.25, -0.2) is 8.78 Å². The van der Waals surface area contributed by atoms with Crippen molar-refractivity contribution in [2.24, 2.45) is 0 Å². The summed E-state index contributed by atoms with van der Waals surface area (Å²) in [6.07, 6.45) is 4.36. The molecule has 3 rings (SSSR count). The number of hydrogen-bond donors (Lipinski definition) is 0. The van der Waals surface area contributed by atoms with E-state index in [1.165, 1.54) is 12.1 Å². The second-order valence-electron chi connectivity index (χ2n) is 6.69. The summed E-state index contributed by atoms with van der Waals surface area (Å²) < 4.78 is 33.1. The summed E-state index contributed by atoms with van der Waals surface area (Å²) in [5.74, 6) is -1.93. The standard InChI is InChI=1S/C21H23F2NO2/c1-24(12-4-8-17-9-5-13-26-17)21(25)16-7-2-6-15(14-16)18-10-3-11-19(22)20(18)23/h2-3,6-7,10-11,14,17H,4-5,8-9,12-13H2,1H3. The van der Waals surface area contributed by atoms with Gasteiger partial charge in [0.15, 0.2) is 11.6 Å². The molecular formula is C21H23F2NO2. The highest BCUT2D eigenvalue weighted by atomic mass is 19.2. The summed E-state index contributed by atoms with van der Waals surface area (Å²) in [4.78, 5) is 14.3. The van der Waals surface area contributed by atoms with Crippen LogP contribution in [0.5, 0.6) is 0 Å². The Morgan fingerprint density at radius 2 is 2.04 bits per heavy atom. The van der Waals surface area contributed by atoms with Crippen molar-refractivity contribution in [2.45, 2.75) is 31.8 Å². The van der Waals surface area contributed by atoms with Crippen molar-refractivity contribution < 1.29 is 18.3 Å². The van der Waals surface area contributed by atoms with Gasteiger partial charge in [0.2, 0.25) is 0 Å². The molecule has 0 aliphatic carbocycles. The first-order valence-electron chi connectivity index (χ1n) is 8.98. The Morgan fingerprint density at radius 1 is 1.23 bits per heavy atom. The Hall–Kier alpha value is -2.27. The van der Waals surface area contributed by atoms with Crippen LogP contribution in [0.15, 0.2) is 42.5 Å². The molecule has 0 aromatic heterocycles. The fourth-order valence-electron chi connectivity index (χ4n) is 3.30. The van der Waals surface area contributed by atoms with Gasteiger partial charge in [0, 0.05) is 31.3 Å². The maximum absolute atomic E-state index is 14.0. The summed E-state index contributed by atoms with van der Waals surface area (Å²) in [6.45, 7) is 1.47. The first-order chi connectivity index (χ1) is 12.6. The lowest BCUT2D eigenvalue weighted by atomic mass is 10.0. The topological polar surface area (TPSA) is 29.5 Å². The van der Waals surface area contributed by atoms with Crippen molar-refractivity contribution in [1.82, 2.24) is 4.90 Å².